The fourth-order valence-electron chi connectivity index (χ4n) is 1.38. The number of ether oxygens (including phenoxy) is 1. The van der Waals surface area contributed by atoms with Crippen LogP contribution >= 0.6 is 0 Å². The highest BCUT2D eigenvalue weighted by Crippen LogP contribution is 2.19. The van der Waals surface area contributed by atoms with Crippen molar-refractivity contribution in [3.05, 3.63) is 36.2 Å². The Morgan fingerprint density at radius 3 is 2.94 bits per heavy atom. The van der Waals surface area contributed by atoms with Crippen LogP contribution in [0, 0.1) is 0 Å². The van der Waals surface area contributed by atoms with Crippen LogP contribution in [0.3, 0.4) is 0 Å². The minimum absolute atomic E-state index is 0.176. The summed E-state index contributed by atoms with van der Waals surface area (Å²) in [7, 11) is 1.80. The molecule has 0 amide bonds. The summed E-state index contributed by atoms with van der Waals surface area (Å²) >= 11 is 0. The molecule has 0 bridgehead atoms. The summed E-state index contributed by atoms with van der Waals surface area (Å²) in [5.41, 5.74) is 7.13. The van der Waals surface area contributed by atoms with E-state index in [2.05, 4.69) is 5.10 Å². The molecule has 0 saturated heterocycles. The Bertz CT molecular complexity index is 474. The van der Waals surface area contributed by atoms with Gasteiger partial charge in [0.25, 0.3) is 0 Å². The molecule has 0 saturated carbocycles. The molecule has 2 rings (SSSR count). The van der Waals surface area contributed by atoms with Gasteiger partial charge in [0.15, 0.2) is 0 Å². The lowest BCUT2D eigenvalue weighted by atomic mass is 10.3. The van der Waals surface area contributed by atoms with E-state index in [9.17, 15) is 5.11 Å². The monoisotopic (exact) mass is 219 g/mol. The molecule has 5 nitrogen and oxygen atoms in total. The number of phenols is 1. The third kappa shape index (κ3) is 2.08. The van der Waals surface area contributed by atoms with Gasteiger partial charge in [0.05, 0.1) is 17.6 Å². The molecule has 3 N–H and O–H groups in total. The zero-order valence-electron chi connectivity index (χ0n) is 8.92. The highest BCUT2D eigenvalue weighted by atomic mass is 16.5. The van der Waals surface area contributed by atoms with E-state index >= 15 is 0 Å². The van der Waals surface area contributed by atoms with Crippen LogP contribution < -0.4 is 10.5 Å². The van der Waals surface area contributed by atoms with Gasteiger partial charge in [-0.1, -0.05) is 6.07 Å². The second-order valence-electron chi connectivity index (χ2n) is 3.46. The van der Waals surface area contributed by atoms with Crippen LogP contribution in [0.25, 0.3) is 0 Å². The first-order valence-corrected chi connectivity index (χ1v) is 4.85. The van der Waals surface area contributed by atoms with Crippen LogP contribution in [-0.4, -0.2) is 14.9 Å². The maximum atomic E-state index is 9.26. The summed E-state index contributed by atoms with van der Waals surface area (Å²) in [6.45, 7) is 0.325. The predicted octanol–water partition coefficient (Wildman–Crippen LogP) is 1.29. The summed E-state index contributed by atoms with van der Waals surface area (Å²) in [4.78, 5) is 0. The number of nitrogen functional groups attached to an aromatic ring is 1. The number of rotatable bonds is 3. The molecule has 2 aromatic rings. The summed E-state index contributed by atoms with van der Waals surface area (Å²) < 4.78 is 7.16. The molecule has 1 heterocycles. The molecule has 0 unspecified atom stereocenters. The second kappa shape index (κ2) is 4.14. The zero-order valence-corrected chi connectivity index (χ0v) is 8.92. The van der Waals surface area contributed by atoms with Crippen molar-refractivity contribution < 1.29 is 9.84 Å². The van der Waals surface area contributed by atoms with E-state index in [0.29, 0.717) is 18.0 Å². The highest BCUT2D eigenvalue weighted by Gasteiger charge is 2.06. The lowest BCUT2D eigenvalue weighted by molar-refractivity contribution is 0.294. The summed E-state index contributed by atoms with van der Waals surface area (Å²) in [5.74, 6) is 0.774. The molecule has 1 aromatic heterocycles. The zero-order chi connectivity index (χ0) is 11.5. The van der Waals surface area contributed by atoms with Crippen molar-refractivity contribution in [3.8, 4) is 11.5 Å². The highest BCUT2D eigenvalue weighted by molar-refractivity contribution is 5.40. The average Bonchev–Trinajstić information content (AvgIpc) is 2.56. The van der Waals surface area contributed by atoms with Gasteiger partial charge in [-0.2, -0.15) is 5.10 Å². The van der Waals surface area contributed by atoms with E-state index in [1.165, 1.54) is 0 Å². The third-order valence-electron chi connectivity index (χ3n) is 2.29. The van der Waals surface area contributed by atoms with Gasteiger partial charge in [-0.05, 0) is 12.1 Å². The number of nitrogens with zero attached hydrogens (tertiary/aromatic N) is 2. The van der Waals surface area contributed by atoms with Crippen molar-refractivity contribution >= 4 is 5.69 Å². The molecule has 5 heteroatoms. The standard InChI is InChI=1S/C11H13N3O2/c1-14-11(10(12)6-13-14)7-16-9-4-2-3-8(15)5-9/h2-6,15H,7,12H2,1H3. The minimum atomic E-state index is 0.176. The normalized spacial score (nSPS) is 10.3. The van der Waals surface area contributed by atoms with E-state index in [0.717, 1.165) is 5.69 Å². The van der Waals surface area contributed by atoms with Crippen molar-refractivity contribution in [2.24, 2.45) is 7.05 Å². The van der Waals surface area contributed by atoms with E-state index in [4.69, 9.17) is 10.5 Å². The van der Waals surface area contributed by atoms with Crippen molar-refractivity contribution in [2.75, 3.05) is 5.73 Å². The van der Waals surface area contributed by atoms with E-state index in [1.807, 2.05) is 0 Å². The second-order valence-corrected chi connectivity index (χ2v) is 3.46. The quantitative estimate of drug-likeness (QED) is 0.815. The Balaban J connectivity index is 2.08. The smallest absolute Gasteiger partial charge is 0.132 e. The lowest BCUT2D eigenvalue weighted by Gasteiger charge is -2.07. The van der Waals surface area contributed by atoms with Gasteiger partial charge in [0.2, 0.25) is 0 Å². The number of nitrogens with two attached hydrogens (primary N) is 1. The fourth-order valence-corrected chi connectivity index (χ4v) is 1.38. The van der Waals surface area contributed by atoms with Gasteiger partial charge in [0, 0.05) is 13.1 Å². The molecular weight excluding hydrogens is 206 g/mol. The maximum Gasteiger partial charge on any atom is 0.132 e. The number of aromatic nitrogens is 2. The molecule has 16 heavy (non-hydrogen) atoms. The average molecular weight is 219 g/mol. The van der Waals surface area contributed by atoms with Gasteiger partial charge in [-0.3, -0.25) is 4.68 Å². The molecule has 0 spiro atoms. The molecule has 1 aromatic carbocycles. The predicted molar refractivity (Wildman–Crippen MR) is 60.1 cm³/mol. The van der Waals surface area contributed by atoms with Gasteiger partial charge >= 0.3 is 0 Å². The van der Waals surface area contributed by atoms with Crippen LogP contribution in [-0.2, 0) is 13.7 Å². The van der Waals surface area contributed by atoms with Crippen LogP contribution in [0.2, 0.25) is 0 Å². The Labute approximate surface area is 93.1 Å². The van der Waals surface area contributed by atoms with E-state index in [-0.39, 0.29) is 5.75 Å². The van der Waals surface area contributed by atoms with Crippen LogP contribution in [0.4, 0.5) is 5.69 Å². The van der Waals surface area contributed by atoms with Gasteiger partial charge in [0.1, 0.15) is 18.1 Å². The number of hydrogen-bond acceptors (Lipinski definition) is 4. The van der Waals surface area contributed by atoms with Crippen LogP contribution in [0.5, 0.6) is 11.5 Å². The Morgan fingerprint density at radius 2 is 2.31 bits per heavy atom. The number of anilines is 1. The molecule has 0 radical (unpaired) electrons. The summed E-state index contributed by atoms with van der Waals surface area (Å²) in [6.07, 6.45) is 1.58. The molecule has 0 fully saturated rings. The number of phenolic OH excluding ortho intramolecular Hbond substituents is 1. The largest absolute Gasteiger partial charge is 0.508 e. The first-order chi connectivity index (χ1) is 7.66. The van der Waals surface area contributed by atoms with E-state index < -0.39 is 0 Å². The Morgan fingerprint density at radius 1 is 1.50 bits per heavy atom. The molecule has 0 aliphatic heterocycles. The minimum Gasteiger partial charge on any atom is -0.508 e. The summed E-state index contributed by atoms with van der Waals surface area (Å²) in [6, 6.07) is 6.63. The number of aryl methyl sites for hydroxylation is 1. The van der Waals surface area contributed by atoms with Crippen molar-refractivity contribution in [3.63, 3.8) is 0 Å². The summed E-state index contributed by atoms with van der Waals surface area (Å²) in [5, 5.41) is 13.3. The maximum absolute atomic E-state index is 9.26. The number of benzene rings is 1. The van der Waals surface area contributed by atoms with Crippen molar-refractivity contribution in [2.45, 2.75) is 6.61 Å². The van der Waals surface area contributed by atoms with Crippen LogP contribution in [0.1, 0.15) is 5.69 Å². The van der Waals surface area contributed by atoms with E-state index in [1.54, 1.807) is 42.2 Å². The lowest BCUT2D eigenvalue weighted by Crippen LogP contribution is -2.05. The first kappa shape index (κ1) is 10.4. The van der Waals surface area contributed by atoms with Gasteiger partial charge < -0.3 is 15.6 Å². The molecule has 0 atom stereocenters. The van der Waals surface area contributed by atoms with Gasteiger partial charge in [-0.25, -0.2) is 0 Å². The SMILES string of the molecule is Cn1ncc(N)c1COc1cccc(O)c1. The topological polar surface area (TPSA) is 73.3 Å². The van der Waals surface area contributed by atoms with Gasteiger partial charge in [-0.15, -0.1) is 0 Å². The Hall–Kier alpha value is -2.17. The van der Waals surface area contributed by atoms with Crippen LogP contribution in [0.15, 0.2) is 30.5 Å². The molecule has 0 aliphatic carbocycles. The number of aromatic hydroxyl groups is 1. The molecule has 84 valence electrons. The first-order valence-electron chi connectivity index (χ1n) is 4.85. The fraction of sp³-hybridized carbons (Fsp3) is 0.182. The molecular formula is C11H13N3O2. The molecule has 0 aliphatic rings. The third-order valence-corrected chi connectivity index (χ3v) is 2.29. The Kier molecular flexibility index (Phi) is 2.68. The number of hydrogen-bond donors (Lipinski definition) is 2. The van der Waals surface area contributed by atoms with Crippen molar-refractivity contribution in [1.82, 2.24) is 9.78 Å². The van der Waals surface area contributed by atoms with Crippen molar-refractivity contribution in [1.29, 1.82) is 0 Å².